The Morgan fingerprint density at radius 2 is 1.67 bits per heavy atom. The Balaban J connectivity index is 1.29. The Labute approximate surface area is 157 Å². The highest BCUT2D eigenvalue weighted by Gasteiger charge is 2.40. The lowest BCUT2D eigenvalue weighted by molar-refractivity contribution is -0.148. The molecule has 0 aromatic heterocycles. The zero-order chi connectivity index (χ0) is 19.0. The number of ether oxygens (including phenoxy) is 1. The summed E-state index contributed by atoms with van der Waals surface area (Å²) >= 11 is 0. The van der Waals surface area contributed by atoms with Crippen LogP contribution in [0.3, 0.4) is 0 Å². The topological polar surface area (TPSA) is 84.0 Å². The van der Waals surface area contributed by atoms with Gasteiger partial charge in [0.1, 0.15) is 6.61 Å². The maximum absolute atomic E-state index is 12.3. The smallest absolute Gasteiger partial charge is 0.311 e. The molecule has 3 amide bonds. The average molecular weight is 370 g/mol. The highest BCUT2D eigenvalue weighted by atomic mass is 16.5. The van der Waals surface area contributed by atoms with E-state index in [4.69, 9.17) is 4.74 Å². The van der Waals surface area contributed by atoms with Crippen molar-refractivity contribution in [3.05, 3.63) is 35.4 Å². The minimum absolute atomic E-state index is 0.0178. The number of fused-ring (bicyclic) bond motifs is 1. The van der Waals surface area contributed by atoms with E-state index in [2.05, 4.69) is 0 Å². The maximum Gasteiger partial charge on any atom is 0.311 e. The van der Waals surface area contributed by atoms with Crippen LogP contribution < -0.4 is 0 Å². The van der Waals surface area contributed by atoms with Crippen LogP contribution in [0.15, 0.2) is 24.3 Å². The Morgan fingerprint density at radius 1 is 1.04 bits per heavy atom. The van der Waals surface area contributed by atoms with Crippen LogP contribution in [0.5, 0.6) is 0 Å². The molecule has 1 saturated heterocycles. The van der Waals surface area contributed by atoms with Gasteiger partial charge in [-0.3, -0.25) is 24.1 Å². The summed E-state index contributed by atoms with van der Waals surface area (Å²) in [5.41, 5.74) is 0.754. The molecule has 0 N–H and O–H groups in total. The third kappa shape index (κ3) is 3.22. The molecule has 2 aliphatic heterocycles. The number of amides is 3. The lowest BCUT2D eigenvalue weighted by atomic mass is 10.1. The molecule has 3 aliphatic rings. The van der Waals surface area contributed by atoms with E-state index in [1.54, 1.807) is 24.3 Å². The van der Waals surface area contributed by atoms with E-state index in [9.17, 15) is 19.2 Å². The summed E-state index contributed by atoms with van der Waals surface area (Å²) in [4.78, 5) is 52.0. The first-order valence-electron chi connectivity index (χ1n) is 9.47. The van der Waals surface area contributed by atoms with Gasteiger partial charge in [-0.25, -0.2) is 0 Å². The molecule has 1 aliphatic carbocycles. The summed E-state index contributed by atoms with van der Waals surface area (Å²) in [6.45, 7) is 0.374. The molecule has 7 nitrogen and oxygen atoms in total. The van der Waals surface area contributed by atoms with Gasteiger partial charge in [-0.15, -0.1) is 0 Å². The third-order valence-corrected chi connectivity index (χ3v) is 5.69. The van der Waals surface area contributed by atoms with Crippen LogP contribution in [-0.4, -0.2) is 59.2 Å². The van der Waals surface area contributed by atoms with Crippen LogP contribution >= 0.6 is 0 Å². The molecular formula is C20H22N2O5. The molecule has 1 saturated carbocycles. The molecule has 0 spiro atoms. The second kappa shape index (κ2) is 7.13. The van der Waals surface area contributed by atoms with Crippen LogP contribution in [-0.2, 0) is 14.3 Å². The molecular weight excluding hydrogens is 348 g/mol. The summed E-state index contributed by atoms with van der Waals surface area (Å²) in [5.74, 6) is -1.60. The van der Waals surface area contributed by atoms with E-state index in [-0.39, 0.29) is 43.3 Å². The average Bonchev–Trinajstić information content (AvgIpc) is 3.37. The number of imide groups is 1. The molecule has 4 rings (SSSR count). The van der Waals surface area contributed by atoms with Crippen molar-refractivity contribution in [3.63, 3.8) is 0 Å². The summed E-state index contributed by atoms with van der Waals surface area (Å²) < 4.78 is 5.28. The second-order valence-corrected chi connectivity index (χ2v) is 7.36. The highest BCUT2D eigenvalue weighted by Crippen LogP contribution is 2.30. The molecule has 2 fully saturated rings. The van der Waals surface area contributed by atoms with Crippen molar-refractivity contribution in [2.24, 2.45) is 5.92 Å². The second-order valence-electron chi connectivity index (χ2n) is 7.36. The Hall–Kier alpha value is -2.70. The van der Waals surface area contributed by atoms with Crippen molar-refractivity contribution < 1.29 is 23.9 Å². The van der Waals surface area contributed by atoms with E-state index in [1.807, 2.05) is 4.90 Å². The van der Waals surface area contributed by atoms with Crippen LogP contribution in [0.25, 0.3) is 0 Å². The maximum atomic E-state index is 12.3. The van der Waals surface area contributed by atoms with E-state index in [0.29, 0.717) is 17.7 Å². The van der Waals surface area contributed by atoms with Gasteiger partial charge in [0, 0.05) is 19.0 Å². The van der Waals surface area contributed by atoms with Gasteiger partial charge in [-0.1, -0.05) is 25.0 Å². The van der Waals surface area contributed by atoms with Crippen molar-refractivity contribution in [3.8, 4) is 0 Å². The molecule has 142 valence electrons. The lowest BCUT2D eigenvalue weighted by Crippen LogP contribution is -2.36. The molecule has 0 unspecified atom stereocenters. The molecule has 1 aromatic rings. The fourth-order valence-corrected chi connectivity index (χ4v) is 4.26. The fraction of sp³-hybridized carbons (Fsp3) is 0.500. The van der Waals surface area contributed by atoms with Crippen LogP contribution in [0.2, 0.25) is 0 Å². The summed E-state index contributed by atoms with van der Waals surface area (Å²) in [5, 5.41) is 0. The van der Waals surface area contributed by atoms with E-state index < -0.39 is 11.9 Å². The molecule has 27 heavy (non-hydrogen) atoms. The number of hydrogen-bond donors (Lipinski definition) is 0. The summed E-state index contributed by atoms with van der Waals surface area (Å²) in [6, 6.07) is 6.90. The predicted molar refractivity (Wildman–Crippen MR) is 94.8 cm³/mol. The van der Waals surface area contributed by atoms with Crippen LogP contribution in [0.4, 0.5) is 0 Å². The molecule has 2 heterocycles. The minimum Gasteiger partial charge on any atom is -0.464 e. The molecule has 1 atom stereocenters. The largest absolute Gasteiger partial charge is 0.464 e. The van der Waals surface area contributed by atoms with E-state index >= 15 is 0 Å². The van der Waals surface area contributed by atoms with Crippen LogP contribution in [0, 0.1) is 5.92 Å². The van der Waals surface area contributed by atoms with E-state index in [1.165, 1.54) is 0 Å². The van der Waals surface area contributed by atoms with Gasteiger partial charge in [0.05, 0.1) is 23.6 Å². The van der Waals surface area contributed by atoms with Crippen LogP contribution in [0.1, 0.15) is 52.8 Å². The van der Waals surface area contributed by atoms with Crippen molar-refractivity contribution in [1.82, 2.24) is 9.80 Å². The first kappa shape index (κ1) is 17.7. The Morgan fingerprint density at radius 3 is 2.30 bits per heavy atom. The molecule has 0 radical (unpaired) electrons. The van der Waals surface area contributed by atoms with Gasteiger partial charge in [-0.05, 0) is 25.0 Å². The SMILES string of the molecule is O=C(OCCN1C(=O)c2ccccc2C1=O)[C@H]1CC(=O)N(C2CCCC2)C1. The van der Waals surface area contributed by atoms with Crippen molar-refractivity contribution >= 4 is 23.7 Å². The molecule has 7 heteroatoms. The number of esters is 1. The van der Waals surface area contributed by atoms with E-state index in [0.717, 1.165) is 30.6 Å². The Kier molecular flexibility index (Phi) is 4.68. The van der Waals surface area contributed by atoms with Gasteiger partial charge < -0.3 is 9.64 Å². The number of carbonyl (C=O) groups excluding carboxylic acids is 4. The summed E-state index contributed by atoms with van der Waals surface area (Å²) in [6.07, 6.45) is 4.45. The quantitative estimate of drug-likeness (QED) is 0.581. The monoisotopic (exact) mass is 370 g/mol. The van der Waals surface area contributed by atoms with Gasteiger partial charge >= 0.3 is 5.97 Å². The molecule has 0 bridgehead atoms. The zero-order valence-electron chi connectivity index (χ0n) is 15.1. The minimum atomic E-state index is -0.458. The van der Waals surface area contributed by atoms with Gasteiger partial charge in [0.15, 0.2) is 0 Å². The third-order valence-electron chi connectivity index (χ3n) is 5.69. The van der Waals surface area contributed by atoms with Crippen molar-refractivity contribution in [2.45, 2.75) is 38.1 Å². The fourth-order valence-electron chi connectivity index (χ4n) is 4.26. The lowest BCUT2D eigenvalue weighted by Gasteiger charge is -2.23. The number of carbonyl (C=O) groups is 4. The van der Waals surface area contributed by atoms with Crippen molar-refractivity contribution in [1.29, 1.82) is 0 Å². The number of nitrogens with zero attached hydrogens (tertiary/aromatic N) is 2. The van der Waals surface area contributed by atoms with Gasteiger partial charge in [0.25, 0.3) is 11.8 Å². The standard InChI is InChI=1S/C20H22N2O5/c23-17-11-13(12-22(17)14-5-1-2-6-14)20(26)27-10-9-21-18(24)15-7-3-4-8-16(15)19(21)25/h3-4,7-8,13-14H,1-2,5-6,9-12H2/t13-/m0/s1. The first-order chi connectivity index (χ1) is 13.1. The number of hydrogen-bond acceptors (Lipinski definition) is 5. The highest BCUT2D eigenvalue weighted by molar-refractivity contribution is 6.21. The summed E-state index contributed by atoms with van der Waals surface area (Å²) in [7, 11) is 0. The molecule has 1 aromatic carbocycles. The predicted octanol–water partition coefficient (Wildman–Crippen LogP) is 1.62. The van der Waals surface area contributed by atoms with Crippen molar-refractivity contribution in [2.75, 3.05) is 19.7 Å². The first-order valence-corrected chi connectivity index (χ1v) is 9.47. The number of rotatable bonds is 5. The van der Waals surface area contributed by atoms with Gasteiger partial charge in [0.2, 0.25) is 5.91 Å². The van der Waals surface area contributed by atoms with Gasteiger partial charge in [-0.2, -0.15) is 0 Å². The number of benzene rings is 1. The Bertz CT molecular complexity index is 764. The zero-order valence-corrected chi connectivity index (χ0v) is 15.1. The number of likely N-dealkylation sites (tertiary alicyclic amines) is 1. The normalized spacial score (nSPS) is 22.7.